The quantitative estimate of drug-likeness (QED) is 0.385. The first-order valence-corrected chi connectivity index (χ1v) is 6.10. The van der Waals surface area contributed by atoms with E-state index in [0.29, 0.717) is 5.56 Å². The number of oxime groups is 1. The minimum atomic E-state index is 0.0752. The highest BCUT2D eigenvalue weighted by molar-refractivity contribution is 7.99. The average molecular weight is 263 g/mol. The molecule has 2 aromatic heterocycles. The summed E-state index contributed by atoms with van der Waals surface area (Å²) in [4.78, 5) is 5.39. The van der Waals surface area contributed by atoms with Crippen molar-refractivity contribution in [3.05, 3.63) is 41.5 Å². The first kappa shape index (κ1) is 12.5. The summed E-state index contributed by atoms with van der Waals surface area (Å²) in [7, 11) is 0. The summed E-state index contributed by atoms with van der Waals surface area (Å²) in [6, 6.07) is 5.42. The molecular formula is C12H13N3O2S. The number of nitrogens with zero attached hydrogens (tertiary/aromatic N) is 2. The highest BCUT2D eigenvalue weighted by atomic mass is 32.2. The van der Waals surface area contributed by atoms with Crippen molar-refractivity contribution in [3.8, 4) is 0 Å². The van der Waals surface area contributed by atoms with E-state index in [1.807, 2.05) is 19.9 Å². The molecule has 0 saturated heterocycles. The summed E-state index contributed by atoms with van der Waals surface area (Å²) in [6.07, 6.45) is 1.64. The molecule has 3 N–H and O–H groups in total. The second-order valence-corrected chi connectivity index (χ2v) is 4.83. The zero-order valence-corrected chi connectivity index (χ0v) is 10.9. The maximum Gasteiger partial charge on any atom is 0.170 e. The molecule has 0 aliphatic carbocycles. The van der Waals surface area contributed by atoms with Gasteiger partial charge in [0, 0.05) is 11.3 Å². The average Bonchev–Trinajstić information content (AvgIpc) is 2.73. The van der Waals surface area contributed by atoms with Crippen LogP contribution in [0.3, 0.4) is 0 Å². The monoisotopic (exact) mass is 263 g/mol. The van der Waals surface area contributed by atoms with Gasteiger partial charge in [0.2, 0.25) is 0 Å². The van der Waals surface area contributed by atoms with Crippen molar-refractivity contribution in [1.29, 1.82) is 0 Å². The van der Waals surface area contributed by atoms with Crippen molar-refractivity contribution in [1.82, 2.24) is 4.98 Å². The smallest absolute Gasteiger partial charge is 0.170 e. The van der Waals surface area contributed by atoms with Gasteiger partial charge in [0.05, 0.1) is 11.2 Å². The molecule has 2 rings (SSSR count). The van der Waals surface area contributed by atoms with Gasteiger partial charge >= 0.3 is 0 Å². The van der Waals surface area contributed by atoms with Crippen molar-refractivity contribution in [2.75, 3.05) is 0 Å². The summed E-state index contributed by atoms with van der Waals surface area (Å²) in [5.41, 5.74) is 7.03. The topological polar surface area (TPSA) is 84.6 Å². The summed E-state index contributed by atoms with van der Waals surface area (Å²) in [5.74, 6) is 0.917. The number of aryl methyl sites for hydroxylation is 2. The standard InChI is InChI=1S/C12H13N3O2S/c1-7-5-9(12(13)15-16)6-11(14-7)18-10-3-4-17-8(10)2/h3-6,16H,1-2H3,(H2,13,15). The molecule has 0 aliphatic heterocycles. The molecule has 0 amide bonds. The maximum atomic E-state index is 8.69. The predicted octanol–water partition coefficient (Wildman–Crippen LogP) is 2.54. The van der Waals surface area contributed by atoms with E-state index >= 15 is 0 Å². The lowest BCUT2D eigenvalue weighted by Gasteiger charge is -2.05. The van der Waals surface area contributed by atoms with E-state index in [-0.39, 0.29) is 5.84 Å². The molecule has 0 atom stereocenters. The van der Waals surface area contributed by atoms with Crippen LogP contribution in [0.15, 0.2) is 44.0 Å². The van der Waals surface area contributed by atoms with Gasteiger partial charge in [0.15, 0.2) is 5.84 Å². The Labute approximate surface area is 109 Å². The van der Waals surface area contributed by atoms with Crippen molar-refractivity contribution >= 4 is 17.6 Å². The van der Waals surface area contributed by atoms with Crippen molar-refractivity contribution in [2.24, 2.45) is 10.9 Å². The number of nitrogens with two attached hydrogens (primary N) is 1. The highest BCUT2D eigenvalue weighted by Crippen LogP contribution is 2.30. The number of hydrogen-bond donors (Lipinski definition) is 2. The molecule has 0 aliphatic rings. The van der Waals surface area contributed by atoms with E-state index in [4.69, 9.17) is 15.4 Å². The first-order chi connectivity index (χ1) is 8.60. The normalized spacial score (nSPS) is 11.8. The molecule has 2 heterocycles. The van der Waals surface area contributed by atoms with Crippen LogP contribution < -0.4 is 5.73 Å². The molecule has 18 heavy (non-hydrogen) atoms. The Morgan fingerprint density at radius 3 is 2.83 bits per heavy atom. The third-order valence-corrected chi connectivity index (χ3v) is 3.42. The Bertz CT molecular complexity index is 593. The Morgan fingerprint density at radius 1 is 1.44 bits per heavy atom. The molecule has 6 heteroatoms. The number of rotatable bonds is 3. The Kier molecular flexibility index (Phi) is 3.57. The van der Waals surface area contributed by atoms with Crippen LogP contribution in [0.2, 0.25) is 0 Å². The van der Waals surface area contributed by atoms with Crippen LogP contribution in [0, 0.1) is 13.8 Å². The molecule has 0 saturated carbocycles. The van der Waals surface area contributed by atoms with Crippen LogP contribution in [-0.2, 0) is 0 Å². The number of furan rings is 1. The minimum absolute atomic E-state index is 0.0752. The van der Waals surface area contributed by atoms with Crippen LogP contribution in [0.25, 0.3) is 0 Å². The summed E-state index contributed by atoms with van der Waals surface area (Å²) in [6.45, 7) is 3.75. The van der Waals surface area contributed by atoms with Gasteiger partial charge < -0.3 is 15.4 Å². The molecule has 0 bridgehead atoms. The number of pyridine rings is 1. The fraction of sp³-hybridized carbons (Fsp3) is 0.167. The second-order valence-electron chi connectivity index (χ2n) is 3.76. The van der Waals surface area contributed by atoms with Gasteiger partial charge in [-0.25, -0.2) is 4.98 Å². The van der Waals surface area contributed by atoms with Gasteiger partial charge in [-0.15, -0.1) is 0 Å². The molecule has 0 fully saturated rings. The largest absolute Gasteiger partial charge is 0.468 e. The van der Waals surface area contributed by atoms with Gasteiger partial charge in [0.1, 0.15) is 10.8 Å². The Hall–Kier alpha value is -1.95. The van der Waals surface area contributed by atoms with Crippen molar-refractivity contribution < 1.29 is 9.62 Å². The van der Waals surface area contributed by atoms with Gasteiger partial charge in [-0.3, -0.25) is 0 Å². The van der Waals surface area contributed by atoms with Gasteiger partial charge in [0.25, 0.3) is 0 Å². The van der Waals surface area contributed by atoms with E-state index < -0.39 is 0 Å². The van der Waals surface area contributed by atoms with Crippen molar-refractivity contribution in [3.63, 3.8) is 0 Å². The molecule has 0 aromatic carbocycles. The lowest BCUT2D eigenvalue weighted by atomic mass is 10.2. The number of aromatic nitrogens is 1. The van der Waals surface area contributed by atoms with Crippen molar-refractivity contribution in [2.45, 2.75) is 23.8 Å². The molecule has 2 aromatic rings. The van der Waals surface area contributed by atoms with Crippen LogP contribution in [-0.4, -0.2) is 16.0 Å². The summed E-state index contributed by atoms with van der Waals surface area (Å²) >= 11 is 1.48. The van der Waals surface area contributed by atoms with E-state index in [1.165, 1.54) is 11.8 Å². The highest BCUT2D eigenvalue weighted by Gasteiger charge is 2.08. The van der Waals surface area contributed by atoms with E-state index in [1.54, 1.807) is 18.4 Å². The van der Waals surface area contributed by atoms with Gasteiger partial charge in [-0.05, 0) is 32.0 Å². The minimum Gasteiger partial charge on any atom is -0.468 e. The zero-order chi connectivity index (χ0) is 13.1. The van der Waals surface area contributed by atoms with Gasteiger partial charge in [-0.2, -0.15) is 0 Å². The molecule has 94 valence electrons. The van der Waals surface area contributed by atoms with E-state index in [0.717, 1.165) is 21.4 Å². The van der Waals surface area contributed by atoms with Crippen LogP contribution in [0.4, 0.5) is 0 Å². The fourth-order valence-corrected chi connectivity index (χ4v) is 2.40. The van der Waals surface area contributed by atoms with Crippen LogP contribution >= 0.6 is 11.8 Å². The SMILES string of the molecule is Cc1cc(/C(N)=N/O)cc(Sc2ccoc2C)n1. The van der Waals surface area contributed by atoms with Crippen LogP contribution in [0.1, 0.15) is 17.0 Å². The summed E-state index contributed by atoms with van der Waals surface area (Å²) in [5, 5.41) is 12.5. The third-order valence-electron chi connectivity index (χ3n) is 2.36. The Balaban J connectivity index is 2.34. The van der Waals surface area contributed by atoms with E-state index in [9.17, 15) is 0 Å². The lowest BCUT2D eigenvalue weighted by molar-refractivity contribution is 0.318. The summed E-state index contributed by atoms with van der Waals surface area (Å²) < 4.78 is 5.23. The van der Waals surface area contributed by atoms with E-state index in [2.05, 4.69) is 10.1 Å². The first-order valence-electron chi connectivity index (χ1n) is 5.28. The fourth-order valence-electron chi connectivity index (χ4n) is 1.49. The predicted molar refractivity (Wildman–Crippen MR) is 69.1 cm³/mol. The third kappa shape index (κ3) is 2.65. The molecule has 0 spiro atoms. The maximum absolute atomic E-state index is 8.69. The molecule has 0 radical (unpaired) electrons. The number of amidine groups is 1. The number of hydrogen-bond acceptors (Lipinski definition) is 5. The second kappa shape index (κ2) is 5.14. The lowest BCUT2D eigenvalue weighted by Crippen LogP contribution is -2.13. The van der Waals surface area contributed by atoms with Crippen LogP contribution in [0.5, 0.6) is 0 Å². The Morgan fingerprint density at radius 2 is 2.22 bits per heavy atom. The molecule has 0 unspecified atom stereocenters. The molecular weight excluding hydrogens is 250 g/mol. The van der Waals surface area contributed by atoms with Gasteiger partial charge in [-0.1, -0.05) is 16.9 Å². The zero-order valence-electron chi connectivity index (χ0n) is 10.0. The molecule has 5 nitrogen and oxygen atoms in total.